The molecular weight excluding hydrogens is 398 g/mol. The first-order valence-corrected chi connectivity index (χ1v) is 8.56. The molecule has 2 N–H and O–H groups in total. The van der Waals surface area contributed by atoms with Gasteiger partial charge in [-0.2, -0.15) is 4.98 Å². The second kappa shape index (κ2) is 8.39. The van der Waals surface area contributed by atoms with E-state index in [2.05, 4.69) is 46.3 Å². The molecule has 3 aromatic rings. The topological polar surface area (TPSA) is 89.0 Å². The minimum absolute atomic E-state index is 0.207. The molecule has 1 aromatic heterocycles. The summed E-state index contributed by atoms with van der Waals surface area (Å²) in [4.78, 5) is 24.0. The number of rotatable bonds is 6. The molecule has 7 nitrogen and oxygen atoms in total. The first-order chi connectivity index (χ1) is 12.6. The number of methoxy groups -OCH3 is 1. The maximum atomic E-state index is 11.4. The molecule has 0 atom stereocenters. The quantitative estimate of drug-likeness (QED) is 0.593. The lowest BCUT2D eigenvalue weighted by atomic mass is 10.1. The van der Waals surface area contributed by atoms with E-state index in [9.17, 15) is 4.79 Å². The zero-order valence-electron chi connectivity index (χ0n) is 13.9. The highest BCUT2D eigenvalue weighted by atomic mass is 79.9. The van der Waals surface area contributed by atoms with Crippen LogP contribution in [0.5, 0.6) is 0 Å². The van der Waals surface area contributed by atoms with Crippen LogP contribution in [0.1, 0.15) is 5.56 Å². The van der Waals surface area contributed by atoms with E-state index in [-0.39, 0.29) is 12.4 Å². The summed E-state index contributed by atoms with van der Waals surface area (Å²) < 4.78 is 5.64. The fraction of sp³-hybridized carbons (Fsp3) is 0.111. The van der Waals surface area contributed by atoms with E-state index in [1.165, 1.54) is 13.4 Å². The molecule has 0 bridgehead atoms. The molecule has 132 valence electrons. The third-order valence-corrected chi connectivity index (χ3v) is 3.91. The number of aromatic nitrogens is 3. The standard InChI is InChI=1S/C18H16BrN5O2/c1-26-16(25)9-12-4-2-6-14(8-12)22-17-20-11-21-18(24-17)23-15-7-3-5-13(19)10-15/h2-8,10-11H,9H2,1H3,(H2,20,21,22,23,24). The first-order valence-electron chi connectivity index (χ1n) is 7.77. The molecule has 0 saturated carbocycles. The lowest BCUT2D eigenvalue weighted by Gasteiger charge is -2.09. The maximum Gasteiger partial charge on any atom is 0.309 e. The van der Waals surface area contributed by atoms with Gasteiger partial charge in [0.2, 0.25) is 11.9 Å². The van der Waals surface area contributed by atoms with Crippen LogP contribution < -0.4 is 10.6 Å². The Kier molecular flexibility index (Phi) is 5.75. The molecule has 0 amide bonds. The second-order valence-corrected chi connectivity index (χ2v) is 6.26. The average Bonchev–Trinajstić information content (AvgIpc) is 2.62. The van der Waals surface area contributed by atoms with Crippen LogP contribution in [0.2, 0.25) is 0 Å². The summed E-state index contributed by atoms with van der Waals surface area (Å²) in [6, 6.07) is 15.1. The van der Waals surface area contributed by atoms with Crippen molar-refractivity contribution in [3.63, 3.8) is 0 Å². The molecule has 0 spiro atoms. The molecular formula is C18H16BrN5O2. The van der Waals surface area contributed by atoms with E-state index in [0.717, 1.165) is 21.4 Å². The molecule has 26 heavy (non-hydrogen) atoms. The highest BCUT2D eigenvalue weighted by molar-refractivity contribution is 9.10. The van der Waals surface area contributed by atoms with Gasteiger partial charge >= 0.3 is 5.97 Å². The Balaban J connectivity index is 1.72. The molecule has 2 aromatic carbocycles. The van der Waals surface area contributed by atoms with E-state index >= 15 is 0 Å². The lowest BCUT2D eigenvalue weighted by molar-refractivity contribution is -0.139. The van der Waals surface area contributed by atoms with E-state index < -0.39 is 0 Å². The lowest BCUT2D eigenvalue weighted by Crippen LogP contribution is -2.05. The monoisotopic (exact) mass is 413 g/mol. The summed E-state index contributed by atoms with van der Waals surface area (Å²) in [7, 11) is 1.37. The molecule has 0 unspecified atom stereocenters. The minimum atomic E-state index is -0.289. The SMILES string of the molecule is COC(=O)Cc1cccc(Nc2ncnc(Nc3cccc(Br)c3)n2)c1. The number of benzene rings is 2. The van der Waals surface area contributed by atoms with E-state index in [1.54, 1.807) is 0 Å². The van der Waals surface area contributed by atoms with Crippen molar-refractivity contribution in [2.75, 3.05) is 17.7 Å². The molecule has 8 heteroatoms. The van der Waals surface area contributed by atoms with Crippen molar-refractivity contribution in [1.29, 1.82) is 0 Å². The van der Waals surface area contributed by atoms with Gasteiger partial charge in [-0.1, -0.05) is 34.1 Å². The van der Waals surface area contributed by atoms with Crippen LogP contribution in [0.4, 0.5) is 23.3 Å². The fourth-order valence-corrected chi connectivity index (χ4v) is 2.64. The van der Waals surface area contributed by atoms with Gasteiger partial charge in [0.25, 0.3) is 0 Å². The van der Waals surface area contributed by atoms with Crippen molar-refractivity contribution < 1.29 is 9.53 Å². The van der Waals surface area contributed by atoms with Crippen LogP contribution in [0, 0.1) is 0 Å². The Hall–Kier alpha value is -3.00. The van der Waals surface area contributed by atoms with E-state index in [0.29, 0.717) is 11.9 Å². The van der Waals surface area contributed by atoms with E-state index in [4.69, 9.17) is 0 Å². The summed E-state index contributed by atoms with van der Waals surface area (Å²) in [5.74, 6) is 0.529. The van der Waals surface area contributed by atoms with Crippen molar-refractivity contribution in [2.45, 2.75) is 6.42 Å². The summed E-state index contributed by atoms with van der Waals surface area (Å²) in [6.45, 7) is 0. The van der Waals surface area contributed by atoms with Gasteiger partial charge in [-0.25, -0.2) is 9.97 Å². The smallest absolute Gasteiger partial charge is 0.309 e. The van der Waals surface area contributed by atoms with Crippen molar-refractivity contribution >= 4 is 45.2 Å². The Labute approximate surface area is 159 Å². The number of esters is 1. The Morgan fingerprint density at radius 2 is 1.69 bits per heavy atom. The van der Waals surface area contributed by atoms with Gasteiger partial charge in [-0.3, -0.25) is 4.79 Å². The molecule has 0 saturated heterocycles. The number of hydrogen-bond acceptors (Lipinski definition) is 7. The van der Waals surface area contributed by atoms with Crippen LogP contribution in [0.15, 0.2) is 59.3 Å². The van der Waals surface area contributed by atoms with Gasteiger partial charge in [-0.15, -0.1) is 0 Å². The number of nitrogens with zero attached hydrogens (tertiary/aromatic N) is 3. The second-order valence-electron chi connectivity index (χ2n) is 5.35. The highest BCUT2D eigenvalue weighted by Crippen LogP contribution is 2.20. The van der Waals surface area contributed by atoms with Crippen LogP contribution in [-0.4, -0.2) is 28.0 Å². The van der Waals surface area contributed by atoms with Crippen LogP contribution >= 0.6 is 15.9 Å². The number of halogens is 1. The third kappa shape index (κ3) is 5.00. The van der Waals surface area contributed by atoms with Gasteiger partial charge < -0.3 is 15.4 Å². The molecule has 0 aliphatic rings. The van der Waals surface area contributed by atoms with Gasteiger partial charge in [0, 0.05) is 15.8 Å². The average molecular weight is 414 g/mol. The van der Waals surface area contributed by atoms with Gasteiger partial charge in [0.15, 0.2) is 0 Å². The molecule has 0 aliphatic heterocycles. The minimum Gasteiger partial charge on any atom is -0.469 e. The van der Waals surface area contributed by atoms with Gasteiger partial charge in [0.05, 0.1) is 13.5 Å². The zero-order valence-corrected chi connectivity index (χ0v) is 15.5. The maximum absolute atomic E-state index is 11.4. The van der Waals surface area contributed by atoms with Crippen LogP contribution in [0.3, 0.4) is 0 Å². The summed E-state index contributed by atoms with van der Waals surface area (Å²) in [5, 5.41) is 6.23. The zero-order chi connectivity index (χ0) is 18.4. The number of nitrogens with one attached hydrogen (secondary N) is 2. The molecule has 1 heterocycles. The number of carbonyl (C=O) groups is 1. The van der Waals surface area contributed by atoms with E-state index in [1.807, 2.05) is 48.5 Å². The predicted octanol–water partition coefficient (Wildman–Crippen LogP) is 3.84. The van der Waals surface area contributed by atoms with Crippen molar-refractivity contribution in [1.82, 2.24) is 15.0 Å². The fourth-order valence-electron chi connectivity index (χ4n) is 2.24. The number of carbonyl (C=O) groups excluding carboxylic acids is 1. The van der Waals surface area contributed by atoms with Crippen molar-refractivity contribution in [2.24, 2.45) is 0 Å². The number of ether oxygens (including phenoxy) is 1. The Morgan fingerprint density at radius 1 is 1.04 bits per heavy atom. The molecule has 0 aliphatic carbocycles. The summed E-state index contributed by atoms with van der Waals surface area (Å²) in [5.41, 5.74) is 2.46. The molecule has 3 rings (SSSR count). The summed E-state index contributed by atoms with van der Waals surface area (Å²) >= 11 is 3.42. The largest absolute Gasteiger partial charge is 0.469 e. The van der Waals surface area contributed by atoms with Crippen LogP contribution in [-0.2, 0) is 16.0 Å². The third-order valence-electron chi connectivity index (χ3n) is 3.41. The summed E-state index contributed by atoms with van der Waals surface area (Å²) in [6.07, 6.45) is 1.63. The normalized spacial score (nSPS) is 10.2. The Morgan fingerprint density at radius 3 is 2.35 bits per heavy atom. The Bertz CT molecular complexity index is 919. The molecule has 0 fully saturated rings. The van der Waals surface area contributed by atoms with Crippen molar-refractivity contribution in [3.05, 3.63) is 64.9 Å². The number of hydrogen-bond donors (Lipinski definition) is 2. The first kappa shape index (κ1) is 17.8. The number of anilines is 4. The van der Waals surface area contributed by atoms with Crippen molar-refractivity contribution in [3.8, 4) is 0 Å². The highest BCUT2D eigenvalue weighted by Gasteiger charge is 2.06. The molecule has 0 radical (unpaired) electrons. The van der Waals surface area contributed by atoms with Crippen LogP contribution in [0.25, 0.3) is 0 Å². The van der Waals surface area contributed by atoms with Gasteiger partial charge in [0.1, 0.15) is 6.33 Å². The van der Waals surface area contributed by atoms with Gasteiger partial charge in [-0.05, 0) is 35.9 Å². The predicted molar refractivity (Wildman–Crippen MR) is 103 cm³/mol.